The molecule has 0 fully saturated rings. The van der Waals surface area contributed by atoms with Gasteiger partial charge in [0.15, 0.2) is 5.13 Å². The van der Waals surface area contributed by atoms with E-state index in [0.29, 0.717) is 10.8 Å². The fourth-order valence-electron chi connectivity index (χ4n) is 2.73. The minimum Gasteiger partial charge on any atom is -0.496 e. The van der Waals surface area contributed by atoms with Gasteiger partial charge in [-0.25, -0.2) is 4.98 Å². The Kier molecular flexibility index (Phi) is 6.06. The molecule has 0 atom stereocenters. The molecule has 1 aromatic heterocycles. The zero-order valence-corrected chi connectivity index (χ0v) is 16.7. The van der Waals surface area contributed by atoms with Gasteiger partial charge < -0.3 is 15.4 Å². The third-order valence-corrected chi connectivity index (χ3v) is 4.78. The van der Waals surface area contributed by atoms with Gasteiger partial charge in [-0.1, -0.05) is 23.8 Å². The van der Waals surface area contributed by atoms with Crippen LogP contribution in [0.5, 0.6) is 5.75 Å². The van der Waals surface area contributed by atoms with Crippen molar-refractivity contribution in [2.45, 2.75) is 20.3 Å². The zero-order valence-electron chi connectivity index (χ0n) is 15.9. The minimum absolute atomic E-state index is 0.129. The van der Waals surface area contributed by atoms with Gasteiger partial charge >= 0.3 is 0 Å². The summed E-state index contributed by atoms with van der Waals surface area (Å²) >= 11 is 1.37. The highest BCUT2D eigenvalue weighted by atomic mass is 32.1. The van der Waals surface area contributed by atoms with Crippen LogP contribution >= 0.6 is 11.3 Å². The molecule has 0 saturated carbocycles. The lowest BCUT2D eigenvalue weighted by atomic mass is 10.1. The van der Waals surface area contributed by atoms with Crippen LogP contribution in [0.15, 0.2) is 47.8 Å². The van der Waals surface area contributed by atoms with Crippen molar-refractivity contribution in [1.82, 2.24) is 4.98 Å². The number of nitrogens with one attached hydrogen (secondary N) is 2. The Morgan fingerprint density at radius 3 is 2.54 bits per heavy atom. The molecule has 7 heteroatoms. The first-order valence-corrected chi connectivity index (χ1v) is 9.59. The summed E-state index contributed by atoms with van der Waals surface area (Å²) in [5, 5.41) is 7.97. The molecule has 3 rings (SSSR count). The quantitative estimate of drug-likeness (QED) is 0.653. The molecular weight excluding hydrogens is 374 g/mol. The Hall–Kier alpha value is -3.19. The summed E-state index contributed by atoms with van der Waals surface area (Å²) in [6.07, 6.45) is 0.225. The molecule has 28 heavy (non-hydrogen) atoms. The van der Waals surface area contributed by atoms with E-state index in [2.05, 4.69) is 15.6 Å². The van der Waals surface area contributed by atoms with Crippen molar-refractivity contribution < 1.29 is 14.3 Å². The first kappa shape index (κ1) is 19.6. The lowest BCUT2D eigenvalue weighted by Gasteiger charge is -2.07. The first-order chi connectivity index (χ1) is 13.4. The predicted molar refractivity (Wildman–Crippen MR) is 112 cm³/mol. The van der Waals surface area contributed by atoms with E-state index in [1.54, 1.807) is 19.2 Å². The van der Waals surface area contributed by atoms with Crippen LogP contribution in [-0.4, -0.2) is 23.9 Å². The number of hydrogen-bond acceptors (Lipinski definition) is 5. The second-order valence-electron chi connectivity index (χ2n) is 6.34. The number of ether oxygens (including phenoxy) is 1. The van der Waals surface area contributed by atoms with Gasteiger partial charge in [-0.15, -0.1) is 11.3 Å². The topological polar surface area (TPSA) is 80.3 Å². The maximum absolute atomic E-state index is 12.3. The molecule has 2 amide bonds. The number of carbonyl (C=O) groups excluding carboxylic acids is 2. The smallest absolute Gasteiger partial charge is 0.230 e. The van der Waals surface area contributed by atoms with Crippen molar-refractivity contribution in [2.75, 3.05) is 17.7 Å². The van der Waals surface area contributed by atoms with E-state index in [-0.39, 0.29) is 18.2 Å². The Bertz CT molecular complexity index is 996. The van der Waals surface area contributed by atoms with Gasteiger partial charge in [0, 0.05) is 23.6 Å². The van der Waals surface area contributed by atoms with E-state index >= 15 is 0 Å². The Morgan fingerprint density at radius 2 is 1.86 bits per heavy atom. The van der Waals surface area contributed by atoms with E-state index in [0.717, 1.165) is 28.1 Å². The maximum atomic E-state index is 12.3. The summed E-state index contributed by atoms with van der Waals surface area (Å²) in [5.41, 5.74) is 4.32. The normalized spacial score (nSPS) is 10.4. The number of rotatable bonds is 6. The number of amides is 2. The highest BCUT2D eigenvalue weighted by Crippen LogP contribution is 2.33. The molecule has 0 bridgehead atoms. The number of benzene rings is 2. The molecule has 1 heterocycles. The van der Waals surface area contributed by atoms with Crippen LogP contribution in [0.4, 0.5) is 10.8 Å². The van der Waals surface area contributed by atoms with E-state index in [1.807, 2.05) is 42.6 Å². The summed E-state index contributed by atoms with van der Waals surface area (Å²) in [4.78, 5) is 27.9. The fourth-order valence-corrected chi connectivity index (χ4v) is 3.46. The lowest BCUT2D eigenvalue weighted by Crippen LogP contribution is -2.14. The Labute approximate surface area is 167 Å². The van der Waals surface area contributed by atoms with Gasteiger partial charge in [0.2, 0.25) is 11.8 Å². The number of carbonyl (C=O) groups is 2. The molecule has 144 valence electrons. The largest absolute Gasteiger partial charge is 0.496 e. The number of aromatic nitrogens is 1. The molecule has 0 aliphatic heterocycles. The number of anilines is 2. The van der Waals surface area contributed by atoms with Crippen LogP contribution in [0.2, 0.25) is 0 Å². The average Bonchev–Trinajstić information content (AvgIpc) is 3.11. The Balaban J connectivity index is 1.66. The number of thiazole rings is 1. The molecule has 2 aromatic carbocycles. The van der Waals surface area contributed by atoms with Gasteiger partial charge in [-0.2, -0.15) is 0 Å². The molecular formula is C21H21N3O3S. The van der Waals surface area contributed by atoms with Crippen molar-refractivity contribution in [3.8, 4) is 17.0 Å². The van der Waals surface area contributed by atoms with Crippen molar-refractivity contribution in [1.29, 1.82) is 0 Å². The highest BCUT2D eigenvalue weighted by Gasteiger charge is 2.12. The highest BCUT2D eigenvalue weighted by molar-refractivity contribution is 7.14. The van der Waals surface area contributed by atoms with Gasteiger partial charge in [0.25, 0.3) is 0 Å². The summed E-state index contributed by atoms with van der Waals surface area (Å²) in [6.45, 7) is 3.46. The zero-order chi connectivity index (χ0) is 20.1. The number of methoxy groups -OCH3 is 1. The number of hydrogen-bond donors (Lipinski definition) is 2. The van der Waals surface area contributed by atoms with Gasteiger partial charge in [0.05, 0.1) is 19.2 Å². The second kappa shape index (κ2) is 8.67. The molecule has 0 spiro atoms. The van der Waals surface area contributed by atoms with Crippen LogP contribution in [0, 0.1) is 6.92 Å². The summed E-state index contributed by atoms with van der Waals surface area (Å²) in [5.74, 6) is 0.465. The molecule has 2 N–H and O–H groups in total. The van der Waals surface area contributed by atoms with E-state index < -0.39 is 0 Å². The Morgan fingerprint density at radius 1 is 1.11 bits per heavy atom. The summed E-state index contributed by atoms with van der Waals surface area (Å²) < 4.78 is 5.41. The SMILES string of the molecule is COc1ccc(C)cc1-c1csc(NC(=O)Cc2ccc(NC(C)=O)cc2)n1. The van der Waals surface area contributed by atoms with E-state index in [4.69, 9.17) is 4.74 Å². The first-order valence-electron chi connectivity index (χ1n) is 8.71. The molecule has 0 aliphatic rings. The molecule has 0 aliphatic carbocycles. The van der Waals surface area contributed by atoms with Crippen molar-refractivity contribution in [3.63, 3.8) is 0 Å². The lowest BCUT2D eigenvalue weighted by molar-refractivity contribution is -0.116. The van der Waals surface area contributed by atoms with E-state index in [9.17, 15) is 9.59 Å². The van der Waals surface area contributed by atoms with Crippen LogP contribution in [0.25, 0.3) is 11.3 Å². The van der Waals surface area contributed by atoms with Crippen LogP contribution < -0.4 is 15.4 Å². The molecule has 0 saturated heterocycles. The molecule has 0 radical (unpaired) electrons. The van der Waals surface area contributed by atoms with Crippen LogP contribution in [-0.2, 0) is 16.0 Å². The molecule has 6 nitrogen and oxygen atoms in total. The molecule has 3 aromatic rings. The summed E-state index contributed by atoms with van der Waals surface area (Å²) in [6, 6.07) is 13.1. The summed E-state index contributed by atoms with van der Waals surface area (Å²) in [7, 11) is 1.63. The maximum Gasteiger partial charge on any atom is 0.230 e. The third kappa shape index (κ3) is 4.95. The van der Waals surface area contributed by atoms with Gasteiger partial charge in [-0.3, -0.25) is 9.59 Å². The average molecular weight is 395 g/mol. The van der Waals surface area contributed by atoms with Gasteiger partial charge in [0.1, 0.15) is 5.75 Å². The standard InChI is InChI=1S/C21H21N3O3S/c1-13-4-9-19(27-3)17(10-13)18-12-28-21(23-18)24-20(26)11-15-5-7-16(8-6-15)22-14(2)25/h4-10,12H,11H2,1-3H3,(H,22,25)(H,23,24,26). The molecule has 0 unspecified atom stereocenters. The number of nitrogens with zero attached hydrogens (tertiary/aromatic N) is 1. The number of aryl methyl sites for hydroxylation is 1. The van der Waals surface area contributed by atoms with Crippen LogP contribution in [0.1, 0.15) is 18.1 Å². The fraction of sp³-hybridized carbons (Fsp3) is 0.190. The van der Waals surface area contributed by atoms with Crippen molar-refractivity contribution in [2.24, 2.45) is 0 Å². The monoisotopic (exact) mass is 395 g/mol. The third-order valence-electron chi connectivity index (χ3n) is 4.02. The predicted octanol–water partition coefficient (Wildman–Crippen LogP) is 4.27. The van der Waals surface area contributed by atoms with E-state index in [1.165, 1.54) is 18.3 Å². The second-order valence-corrected chi connectivity index (χ2v) is 7.20. The van der Waals surface area contributed by atoms with Gasteiger partial charge in [-0.05, 0) is 36.8 Å². The van der Waals surface area contributed by atoms with Crippen molar-refractivity contribution >= 4 is 34.0 Å². The van der Waals surface area contributed by atoms with Crippen molar-refractivity contribution in [3.05, 3.63) is 59.0 Å². The minimum atomic E-state index is -0.149. The van der Waals surface area contributed by atoms with Crippen LogP contribution in [0.3, 0.4) is 0 Å².